The Morgan fingerprint density at radius 3 is 2.41 bits per heavy atom. The maximum atomic E-state index is 13.2. The second-order valence-electron chi connectivity index (χ2n) is 9.19. The summed E-state index contributed by atoms with van der Waals surface area (Å²) in [4.78, 5) is 27.3. The lowest BCUT2D eigenvalue weighted by atomic mass is 9.92. The van der Waals surface area contributed by atoms with Gasteiger partial charge in [0.25, 0.3) is 0 Å². The third kappa shape index (κ3) is 4.86. The minimum atomic E-state index is -3.55. The molecule has 4 rings (SSSR count). The van der Waals surface area contributed by atoms with Crippen LogP contribution < -0.4 is 0 Å². The molecule has 2 saturated heterocycles. The summed E-state index contributed by atoms with van der Waals surface area (Å²) in [6.45, 7) is 3.90. The smallest absolute Gasteiger partial charge is 0.310 e. The van der Waals surface area contributed by atoms with Crippen LogP contribution in [0.3, 0.4) is 0 Å². The quantitative estimate of drug-likeness (QED) is 0.629. The third-order valence-electron chi connectivity index (χ3n) is 7.11. The van der Waals surface area contributed by atoms with E-state index in [0.717, 1.165) is 44.1 Å². The Kier molecular flexibility index (Phi) is 7.20. The molecule has 2 heterocycles. The number of fused-ring (bicyclic) bond motifs is 1. The lowest BCUT2D eigenvalue weighted by Crippen LogP contribution is -2.48. The summed E-state index contributed by atoms with van der Waals surface area (Å²) in [7, 11) is -3.55. The molecule has 1 unspecified atom stereocenters. The number of hydrogen-bond acceptors (Lipinski definition) is 5. The Labute approximate surface area is 191 Å². The molecule has 3 aliphatic rings. The Morgan fingerprint density at radius 2 is 1.69 bits per heavy atom. The van der Waals surface area contributed by atoms with Gasteiger partial charge in [-0.15, -0.1) is 0 Å². The maximum absolute atomic E-state index is 13.2. The van der Waals surface area contributed by atoms with Gasteiger partial charge in [0.1, 0.15) is 0 Å². The average Bonchev–Trinajstić information content (AvgIpc) is 2.83. The van der Waals surface area contributed by atoms with Crippen molar-refractivity contribution in [1.29, 1.82) is 0 Å². The first-order valence-corrected chi connectivity index (χ1v) is 13.4. The third-order valence-corrected chi connectivity index (χ3v) is 9.01. The van der Waals surface area contributed by atoms with Crippen LogP contribution in [0.4, 0.5) is 0 Å². The lowest BCUT2D eigenvalue weighted by molar-refractivity contribution is -0.152. The molecule has 2 fully saturated rings. The monoisotopic (exact) mass is 462 g/mol. The molecule has 176 valence electrons. The molecule has 0 saturated carbocycles. The number of ether oxygens (including phenoxy) is 1. The Balaban J connectivity index is 1.36. The number of sulfonamides is 1. The van der Waals surface area contributed by atoms with Crippen LogP contribution in [0.5, 0.6) is 0 Å². The topological polar surface area (TPSA) is 84.0 Å². The van der Waals surface area contributed by atoms with Gasteiger partial charge < -0.3 is 9.64 Å². The van der Waals surface area contributed by atoms with Crippen molar-refractivity contribution < 1.29 is 22.7 Å². The van der Waals surface area contributed by atoms with Crippen LogP contribution in [0.15, 0.2) is 23.1 Å². The summed E-state index contributed by atoms with van der Waals surface area (Å²) < 4.78 is 33.1. The van der Waals surface area contributed by atoms with Gasteiger partial charge >= 0.3 is 5.97 Å². The Hall–Kier alpha value is -1.93. The van der Waals surface area contributed by atoms with Gasteiger partial charge in [0.15, 0.2) is 0 Å². The second-order valence-corrected chi connectivity index (χ2v) is 11.1. The van der Waals surface area contributed by atoms with E-state index in [-0.39, 0.29) is 23.7 Å². The summed E-state index contributed by atoms with van der Waals surface area (Å²) in [6.07, 6.45) is 6.82. The molecule has 32 heavy (non-hydrogen) atoms. The molecule has 0 N–H and O–H groups in total. The van der Waals surface area contributed by atoms with E-state index in [1.54, 1.807) is 17.9 Å². The van der Waals surface area contributed by atoms with E-state index in [1.807, 2.05) is 12.1 Å². The number of carbonyl (C=O) groups excluding carboxylic acids is 2. The summed E-state index contributed by atoms with van der Waals surface area (Å²) in [5.74, 6) is -0.621. The van der Waals surface area contributed by atoms with Gasteiger partial charge in [0.05, 0.1) is 17.4 Å². The first kappa shape index (κ1) is 23.2. The van der Waals surface area contributed by atoms with Crippen LogP contribution in [0, 0.1) is 11.8 Å². The van der Waals surface area contributed by atoms with Crippen molar-refractivity contribution in [3.63, 3.8) is 0 Å². The number of carbonyl (C=O) groups is 2. The molecule has 8 heteroatoms. The average molecular weight is 463 g/mol. The van der Waals surface area contributed by atoms with Crippen molar-refractivity contribution in [3.05, 3.63) is 29.3 Å². The van der Waals surface area contributed by atoms with E-state index in [1.165, 1.54) is 9.87 Å². The number of benzene rings is 1. The number of aryl methyl sites for hydroxylation is 2. The first-order valence-electron chi connectivity index (χ1n) is 12.0. The highest BCUT2D eigenvalue weighted by atomic mass is 32.2. The molecular weight excluding hydrogens is 428 g/mol. The number of piperidine rings is 2. The van der Waals surface area contributed by atoms with Crippen molar-refractivity contribution >= 4 is 21.9 Å². The fourth-order valence-electron chi connectivity index (χ4n) is 5.25. The predicted octanol–water partition coefficient (Wildman–Crippen LogP) is 2.77. The van der Waals surface area contributed by atoms with Crippen LogP contribution in [0.1, 0.15) is 56.6 Å². The summed E-state index contributed by atoms with van der Waals surface area (Å²) >= 11 is 0. The van der Waals surface area contributed by atoms with Gasteiger partial charge in [0, 0.05) is 32.1 Å². The summed E-state index contributed by atoms with van der Waals surface area (Å²) in [5, 5.41) is 0. The molecule has 1 aliphatic carbocycles. The van der Waals surface area contributed by atoms with Gasteiger partial charge in [-0.2, -0.15) is 4.31 Å². The van der Waals surface area contributed by atoms with Gasteiger partial charge in [0.2, 0.25) is 15.9 Å². The molecule has 2 aliphatic heterocycles. The highest BCUT2D eigenvalue weighted by Crippen LogP contribution is 2.29. The highest BCUT2D eigenvalue weighted by Gasteiger charge is 2.36. The molecule has 0 spiro atoms. The standard InChI is InChI=1S/C24H34N2O5S/c1-2-31-24(28)21-8-5-13-25(17-21)23(27)19-11-14-26(15-12-19)32(29,30)22-10-9-18-6-3-4-7-20(18)16-22/h9-10,16,19,21H,2-8,11-15,17H2,1H3. The number of rotatable bonds is 5. The minimum Gasteiger partial charge on any atom is -0.466 e. The lowest BCUT2D eigenvalue weighted by Gasteiger charge is -2.37. The number of likely N-dealkylation sites (tertiary alicyclic amines) is 1. The fourth-order valence-corrected chi connectivity index (χ4v) is 6.77. The minimum absolute atomic E-state index is 0.0461. The van der Waals surface area contributed by atoms with Crippen LogP contribution in [0.25, 0.3) is 0 Å². The van der Waals surface area contributed by atoms with Crippen LogP contribution in [-0.4, -0.2) is 62.3 Å². The molecule has 0 radical (unpaired) electrons. The van der Waals surface area contributed by atoms with Crippen molar-refractivity contribution in [2.45, 2.75) is 63.2 Å². The van der Waals surface area contributed by atoms with Crippen LogP contribution >= 0.6 is 0 Å². The fraction of sp³-hybridized carbons (Fsp3) is 0.667. The van der Waals surface area contributed by atoms with Crippen LogP contribution in [-0.2, 0) is 37.2 Å². The zero-order chi connectivity index (χ0) is 22.7. The van der Waals surface area contributed by atoms with Gasteiger partial charge in [-0.1, -0.05) is 6.07 Å². The molecule has 0 bridgehead atoms. The predicted molar refractivity (Wildman–Crippen MR) is 121 cm³/mol. The number of hydrogen-bond donors (Lipinski definition) is 0. The zero-order valence-electron chi connectivity index (χ0n) is 18.9. The van der Waals surface area contributed by atoms with Crippen molar-refractivity contribution in [2.75, 3.05) is 32.8 Å². The molecule has 1 aromatic rings. The zero-order valence-corrected chi connectivity index (χ0v) is 19.7. The SMILES string of the molecule is CCOC(=O)C1CCCN(C(=O)C2CCN(S(=O)(=O)c3ccc4c(c3)CCCC4)CC2)C1. The van der Waals surface area contributed by atoms with E-state index in [0.29, 0.717) is 50.5 Å². The largest absolute Gasteiger partial charge is 0.466 e. The first-order chi connectivity index (χ1) is 15.4. The molecule has 7 nitrogen and oxygen atoms in total. The van der Waals surface area contributed by atoms with Crippen molar-refractivity contribution in [3.8, 4) is 0 Å². The van der Waals surface area contributed by atoms with Gasteiger partial charge in [-0.3, -0.25) is 9.59 Å². The van der Waals surface area contributed by atoms with E-state index in [2.05, 4.69) is 0 Å². The molecule has 0 aromatic heterocycles. The molecule has 1 amide bonds. The summed E-state index contributed by atoms with van der Waals surface area (Å²) in [6, 6.07) is 5.55. The number of nitrogens with zero attached hydrogens (tertiary/aromatic N) is 2. The van der Waals surface area contributed by atoms with E-state index < -0.39 is 10.0 Å². The van der Waals surface area contributed by atoms with E-state index in [4.69, 9.17) is 4.74 Å². The molecular formula is C24H34N2O5S. The molecule has 1 aromatic carbocycles. The summed E-state index contributed by atoms with van der Waals surface area (Å²) in [5.41, 5.74) is 2.42. The van der Waals surface area contributed by atoms with Crippen LogP contribution in [0.2, 0.25) is 0 Å². The number of amides is 1. The Bertz CT molecular complexity index is 953. The second kappa shape index (κ2) is 9.91. The Morgan fingerprint density at radius 1 is 0.969 bits per heavy atom. The van der Waals surface area contributed by atoms with Gasteiger partial charge in [-0.05, 0) is 81.5 Å². The van der Waals surface area contributed by atoms with Gasteiger partial charge in [-0.25, -0.2) is 8.42 Å². The van der Waals surface area contributed by atoms with E-state index in [9.17, 15) is 18.0 Å². The van der Waals surface area contributed by atoms with Crippen molar-refractivity contribution in [2.24, 2.45) is 11.8 Å². The number of esters is 1. The van der Waals surface area contributed by atoms with Crippen molar-refractivity contribution in [1.82, 2.24) is 9.21 Å². The maximum Gasteiger partial charge on any atom is 0.310 e. The normalized spacial score (nSPS) is 22.9. The highest BCUT2D eigenvalue weighted by molar-refractivity contribution is 7.89. The van der Waals surface area contributed by atoms with E-state index >= 15 is 0 Å². The molecule has 1 atom stereocenters.